The van der Waals surface area contributed by atoms with Gasteiger partial charge in [0, 0.05) is 25.7 Å². The molecule has 1 aliphatic heterocycles. The highest BCUT2D eigenvalue weighted by atomic mass is 32.2. The van der Waals surface area contributed by atoms with Crippen molar-refractivity contribution in [1.82, 2.24) is 14.3 Å². The third-order valence-electron chi connectivity index (χ3n) is 3.00. The Hall–Kier alpha value is -0.170. The van der Waals surface area contributed by atoms with Crippen LogP contribution in [0.4, 0.5) is 0 Å². The van der Waals surface area contributed by atoms with Crippen molar-refractivity contribution in [3.8, 4) is 0 Å². The molecule has 0 aromatic carbocycles. The van der Waals surface area contributed by atoms with Crippen molar-refractivity contribution >= 4 is 10.2 Å². The van der Waals surface area contributed by atoms with Gasteiger partial charge in [0.2, 0.25) is 0 Å². The van der Waals surface area contributed by atoms with Gasteiger partial charge in [0.1, 0.15) is 0 Å². The molecule has 1 atom stereocenters. The van der Waals surface area contributed by atoms with Crippen LogP contribution in [0.5, 0.6) is 0 Å². The molecule has 0 saturated carbocycles. The van der Waals surface area contributed by atoms with Crippen LogP contribution in [-0.2, 0) is 10.2 Å². The monoisotopic (exact) mass is 263 g/mol. The van der Waals surface area contributed by atoms with Gasteiger partial charge in [0.25, 0.3) is 10.2 Å². The Labute approximate surface area is 105 Å². The number of hydrogen-bond acceptors (Lipinski definition) is 3. The maximum atomic E-state index is 11.7. The summed E-state index contributed by atoms with van der Waals surface area (Å²) in [5, 5.41) is 3.44. The van der Waals surface area contributed by atoms with E-state index in [1.54, 1.807) is 4.31 Å². The molecule has 0 amide bonds. The van der Waals surface area contributed by atoms with Gasteiger partial charge in [-0.15, -0.1) is 0 Å². The molecule has 1 rings (SSSR count). The molecule has 2 N–H and O–H groups in total. The van der Waals surface area contributed by atoms with E-state index in [0.29, 0.717) is 19.0 Å². The first-order valence-electron chi connectivity index (χ1n) is 6.18. The highest BCUT2D eigenvalue weighted by molar-refractivity contribution is 7.87. The molecule has 0 aromatic heterocycles. The highest BCUT2D eigenvalue weighted by Gasteiger charge is 2.28. The Kier molecular flexibility index (Phi) is 4.95. The lowest BCUT2D eigenvalue weighted by Gasteiger charge is -2.33. The molecular formula is C11H25N3O2S. The molecule has 0 radical (unpaired) electrons. The molecule has 102 valence electrons. The van der Waals surface area contributed by atoms with Crippen LogP contribution in [0.1, 0.15) is 33.6 Å². The first-order valence-corrected chi connectivity index (χ1v) is 7.62. The van der Waals surface area contributed by atoms with Gasteiger partial charge in [0.05, 0.1) is 0 Å². The van der Waals surface area contributed by atoms with Gasteiger partial charge < -0.3 is 5.32 Å². The largest absolute Gasteiger partial charge is 0.312 e. The molecule has 1 unspecified atom stereocenters. The van der Waals surface area contributed by atoms with Crippen LogP contribution < -0.4 is 10.0 Å². The summed E-state index contributed by atoms with van der Waals surface area (Å²) in [4.78, 5) is 0. The van der Waals surface area contributed by atoms with Crippen molar-refractivity contribution in [2.75, 3.05) is 26.7 Å². The van der Waals surface area contributed by atoms with Crippen molar-refractivity contribution in [3.63, 3.8) is 0 Å². The molecule has 1 saturated heterocycles. The molecule has 17 heavy (non-hydrogen) atoms. The summed E-state index contributed by atoms with van der Waals surface area (Å²) < 4.78 is 27.3. The zero-order valence-corrected chi connectivity index (χ0v) is 12.1. The van der Waals surface area contributed by atoms with Gasteiger partial charge >= 0.3 is 0 Å². The zero-order chi connectivity index (χ0) is 13.1. The van der Waals surface area contributed by atoms with Crippen molar-refractivity contribution in [2.45, 2.75) is 39.2 Å². The van der Waals surface area contributed by atoms with Crippen LogP contribution in [0.2, 0.25) is 0 Å². The third-order valence-corrected chi connectivity index (χ3v) is 4.53. The minimum absolute atomic E-state index is 0.0875. The zero-order valence-electron chi connectivity index (χ0n) is 11.3. The molecule has 1 heterocycles. The van der Waals surface area contributed by atoms with Crippen molar-refractivity contribution in [2.24, 2.45) is 5.92 Å². The van der Waals surface area contributed by atoms with Crippen LogP contribution in [-0.4, -0.2) is 44.9 Å². The number of nitrogens with zero attached hydrogens (tertiary/aromatic N) is 1. The predicted octanol–water partition coefficient (Wildman–Crippen LogP) is 0.551. The van der Waals surface area contributed by atoms with E-state index in [4.69, 9.17) is 0 Å². The highest BCUT2D eigenvalue weighted by Crippen LogP contribution is 2.18. The summed E-state index contributed by atoms with van der Waals surface area (Å²) in [6.45, 7) is 8.49. The fourth-order valence-electron chi connectivity index (χ4n) is 1.99. The Balaban J connectivity index is 2.50. The minimum atomic E-state index is -3.25. The second-order valence-electron chi connectivity index (χ2n) is 5.71. The lowest BCUT2D eigenvalue weighted by molar-refractivity contribution is 0.243. The molecule has 1 fully saturated rings. The van der Waals surface area contributed by atoms with Gasteiger partial charge in [-0.25, -0.2) is 4.72 Å². The molecule has 0 aliphatic carbocycles. The van der Waals surface area contributed by atoms with E-state index >= 15 is 0 Å². The molecule has 5 nitrogen and oxygen atoms in total. The average molecular weight is 263 g/mol. The fraction of sp³-hybridized carbons (Fsp3) is 1.00. The Morgan fingerprint density at radius 3 is 2.53 bits per heavy atom. The van der Waals surface area contributed by atoms with Crippen LogP contribution in [0.3, 0.4) is 0 Å². The van der Waals surface area contributed by atoms with Crippen LogP contribution >= 0.6 is 0 Å². The Bertz CT molecular complexity index is 335. The molecule has 0 aromatic rings. The van der Waals surface area contributed by atoms with Crippen LogP contribution in [0, 0.1) is 5.92 Å². The summed E-state index contributed by atoms with van der Waals surface area (Å²) in [5.74, 6) is 0.408. The van der Waals surface area contributed by atoms with Gasteiger partial charge in [-0.2, -0.15) is 12.7 Å². The van der Waals surface area contributed by atoms with E-state index in [-0.39, 0.29) is 5.54 Å². The molecular weight excluding hydrogens is 238 g/mol. The minimum Gasteiger partial charge on any atom is -0.312 e. The summed E-state index contributed by atoms with van der Waals surface area (Å²) >= 11 is 0. The van der Waals surface area contributed by atoms with Crippen LogP contribution in [0.25, 0.3) is 0 Å². The molecule has 0 spiro atoms. The number of hydrogen-bond donors (Lipinski definition) is 2. The summed E-state index contributed by atoms with van der Waals surface area (Å²) in [5.41, 5.74) is 0.0875. The van der Waals surface area contributed by atoms with E-state index < -0.39 is 10.2 Å². The second-order valence-corrected chi connectivity index (χ2v) is 7.58. The van der Waals surface area contributed by atoms with Crippen molar-refractivity contribution in [1.29, 1.82) is 0 Å². The van der Waals surface area contributed by atoms with Gasteiger partial charge in [-0.1, -0.05) is 0 Å². The van der Waals surface area contributed by atoms with Crippen molar-refractivity contribution < 1.29 is 8.42 Å². The normalized spacial score (nSPS) is 23.9. The maximum Gasteiger partial charge on any atom is 0.279 e. The Morgan fingerprint density at radius 1 is 1.35 bits per heavy atom. The quantitative estimate of drug-likeness (QED) is 0.779. The van der Waals surface area contributed by atoms with Gasteiger partial charge in [-0.05, 0) is 46.1 Å². The van der Waals surface area contributed by atoms with E-state index in [1.165, 1.54) is 7.05 Å². The van der Waals surface area contributed by atoms with E-state index in [1.807, 2.05) is 0 Å². The van der Waals surface area contributed by atoms with Gasteiger partial charge in [0.15, 0.2) is 0 Å². The SMILES string of the molecule is CNS(=O)(=O)N1CCCC(CNC(C)(C)C)C1. The standard InChI is InChI=1S/C11H25N3O2S/c1-11(2,3)13-8-10-6-5-7-14(9-10)17(15,16)12-4/h10,12-13H,5-9H2,1-4H3. The number of piperidine rings is 1. The summed E-state index contributed by atoms with van der Waals surface area (Å²) in [7, 11) is -1.79. The number of nitrogens with one attached hydrogen (secondary N) is 2. The van der Waals surface area contributed by atoms with E-state index in [9.17, 15) is 8.42 Å². The first kappa shape index (κ1) is 14.9. The molecule has 1 aliphatic rings. The van der Waals surface area contributed by atoms with E-state index in [0.717, 1.165) is 19.4 Å². The smallest absolute Gasteiger partial charge is 0.279 e. The number of rotatable bonds is 4. The Morgan fingerprint density at radius 2 is 2.00 bits per heavy atom. The summed E-state index contributed by atoms with van der Waals surface area (Å²) in [6, 6.07) is 0. The topological polar surface area (TPSA) is 61.4 Å². The fourth-order valence-corrected chi connectivity index (χ4v) is 3.03. The van der Waals surface area contributed by atoms with Crippen molar-refractivity contribution in [3.05, 3.63) is 0 Å². The maximum absolute atomic E-state index is 11.7. The lowest BCUT2D eigenvalue weighted by atomic mass is 9.98. The molecule has 0 bridgehead atoms. The average Bonchev–Trinajstić information content (AvgIpc) is 2.26. The molecule has 6 heteroatoms. The predicted molar refractivity (Wildman–Crippen MR) is 70.0 cm³/mol. The third kappa shape index (κ3) is 4.91. The van der Waals surface area contributed by atoms with Gasteiger partial charge in [-0.3, -0.25) is 0 Å². The summed E-state index contributed by atoms with van der Waals surface area (Å²) in [6.07, 6.45) is 2.04. The first-order chi connectivity index (χ1) is 7.74. The van der Waals surface area contributed by atoms with E-state index in [2.05, 4.69) is 30.8 Å². The lowest BCUT2D eigenvalue weighted by Crippen LogP contribution is -2.48. The van der Waals surface area contributed by atoms with Crippen LogP contribution in [0.15, 0.2) is 0 Å². The second kappa shape index (κ2) is 5.65.